The number of nitrogens with two attached hydrogens (primary N) is 1. The molecule has 5 heteroatoms. The summed E-state index contributed by atoms with van der Waals surface area (Å²) in [5.41, 5.74) is 9.96. The number of benzene rings is 2. The van der Waals surface area contributed by atoms with Crippen LogP contribution >= 0.6 is 15.9 Å². The van der Waals surface area contributed by atoms with E-state index in [1.807, 2.05) is 47.9 Å². The molecule has 20 heavy (non-hydrogen) atoms. The normalized spacial score (nSPS) is 10.9. The van der Waals surface area contributed by atoms with Crippen LogP contribution in [-0.2, 0) is 0 Å². The lowest BCUT2D eigenvalue weighted by molar-refractivity contribution is 0.413. The second kappa shape index (κ2) is 4.83. The summed E-state index contributed by atoms with van der Waals surface area (Å²) < 4.78 is 8.30. The first kappa shape index (κ1) is 13.0. The van der Waals surface area contributed by atoms with Crippen LogP contribution in [0.2, 0.25) is 0 Å². The van der Waals surface area contributed by atoms with E-state index < -0.39 is 0 Å². The molecular formula is C15H14BrN3O. The van der Waals surface area contributed by atoms with Crippen molar-refractivity contribution in [2.75, 3.05) is 12.8 Å². The maximum atomic E-state index is 6.11. The predicted molar refractivity (Wildman–Crippen MR) is 84.5 cm³/mol. The van der Waals surface area contributed by atoms with Crippen LogP contribution in [0, 0.1) is 6.92 Å². The third kappa shape index (κ3) is 1.94. The van der Waals surface area contributed by atoms with E-state index in [-0.39, 0.29) is 0 Å². The van der Waals surface area contributed by atoms with Crippen LogP contribution in [0.1, 0.15) is 5.56 Å². The van der Waals surface area contributed by atoms with Crippen LogP contribution in [0.5, 0.6) is 5.75 Å². The fourth-order valence-corrected chi connectivity index (χ4v) is 2.70. The number of rotatable bonds is 2. The van der Waals surface area contributed by atoms with Crippen LogP contribution in [0.15, 0.2) is 40.9 Å². The minimum atomic E-state index is 0.450. The van der Waals surface area contributed by atoms with Gasteiger partial charge in [-0.25, -0.2) is 4.98 Å². The first-order chi connectivity index (χ1) is 9.61. The van der Waals surface area contributed by atoms with E-state index in [2.05, 4.69) is 20.9 Å². The summed E-state index contributed by atoms with van der Waals surface area (Å²) in [6.07, 6.45) is 0. The van der Waals surface area contributed by atoms with Gasteiger partial charge in [-0.3, -0.25) is 4.57 Å². The Morgan fingerprint density at radius 3 is 2.80 bits per heavy atom. The third-order valence-electron chi connectivity index (χ3n) is 3.29. The number of nitrogen functional groups attached to an aromatic ring is 1. The summed E-state index contributed by atoms with van der Waals surface area (Å²) in [5.74, 6) is 1.20. The minimum Gasteiger partial charge on any atom is -0.495 e. The summed E-state index contributed by atoms with van der Waals surface area (Å²) in [7, 11) is 1.65. The Kier molecular flexibility index (Phi) is 3.14. The molecule has 3 rings (SSSR count). The van der Waals surface area contributed by atoms with Crippen molar-refractivity contribution in [1.82, 2.24) is 9.55 Å². The molecule has 0 saturated heterocycles. The Hall–Kier alpha value is -2.01. The summed E-state index contributed by atoms with van der Waals surface area (Å²) in [4.78, 5) is 4.46. The summed E-state index contributed by atoms with van der Waals surface area (Å²) >= 11 is 3.48. The van der Waals surface area contributed by atoms with Gasteiger partial charge in [0.1, 0.15) is 5.75 Å². The molecule has 0 atom stereocenters. The Morgan fingerprint density at radius 1 is 1.25 bits per heavy atom. The third-order valence-corrected chi connectivity index (χ3v) is 3.79. The second-order valence-corrected chi connectivity index (χ2v) is 5.48. The second-order valence-electron chi connectivity index (χ2n) is 4.56. The van der Waals surface area contributed by atoms with Gasteiger partial charge < -0.3 is 10.5 Å². The lowest BCUT2D eigenvalue weighted by atomic mass is 10.2. The largest absolute Gasteiger partial charge is 0.495 e. The summed E-state index contributed by atoms with van der Waals surface area (Å²) in [6, 6.07) is 11.8. The molecule has 0 spiro atoms. The van der Waals surface area contributed by atoms with Gasteiger partial charge in [-0.2, -0.15) is 0 Å². The van der Waals surface area contributed by atoms with Gasteiger partial charge in [0.05, 0.1) is 23.8 Å². The fraction of sp³-hybridized carbons (Fsp3) is 0.133. The van der Waals surface area contributed by atoms with Crippen molar-refractivity contribution >= 4 is 32.9 Å². The van der Waals surface area contributed by atoms with Gasteiger partial charge in [0.2, 0.25) is 5.95 Å². The van der Waals surface area contributed by atoms with Crippen molar-refractivity contribution in [2.24, 2.45) is 0 Å². The molecule has 1 heterocycles. The molecule has 0 aliphatic heterocycles. The van der Waals surface area contributed by atoms with Crippen molar-refractivity contribution < 1.29 is 4.74 Å². The first-order valence-corrected chi connectivity index (χ1v) is 6.98. The van der Waals surface area contributed by atoms with E-state index in [0.717, 1.165) is 32.5 Å². The Morgan fingerprint density at radius 2 is 2.05 bits per heavy atom. The average molecular weight is 332 g/mol. The molecule has 0 aliphatic carbocycles. The number of nitrogens with zero attached hydrogens (tertiary/aromatic N) is 2. The summed E-state index contributed by atoms with van der Waals surface area (Å²) in [5, 5.41) is 0. The van der Waals surface area contributed by atoms with Crippen LogP contribution in [-0.4, -0.2) is 16.7 Å². The number of aromatic nitrogens is 2. The van der Waals surface area contributed by atoms with Crippen LogP contribution in [0.4, 0.5) is 5.95 Å². The van der Waals surface area contributed by atoms with Gasteiger partial charge in [0.25, 0.3) is 0 Å². The van der Waals surface area contributed by atoms with E-state index in [1.54, 1.807) is 7.11 Å². The number of aryl methyl sites for hydroxylation is 1. The van der Waals surface area contributed by atoms with E-state index >= 15 is 0 Å². The van der Waals surface area contributed by atoms with Gasteiger partial charge in [-0.1, -0.05) is 28.1 Å². The lowest BCUT2D eigenvalue weighted by Gasteiger charge is -2.12. The van der Waals surface area contributed by atoms with E-state index in [4.69, 9.17) is 10.5 Å². The Bertz CT molecular complexity index is 795. The van der Waals surface area contributed by atoms with Crippen LogP contribution in [0.3, 0.4) is 0 Å². The number of para-hydroxylation sites is 1. The first-order valence-electron chi connectivity index (χ1n) is 6.19. The fourth-order valence-electron chi connectivity index (χ4n) is 2.35. The average Bonchev–Trinajstić information content (AvgIpc) is 2.76. The predicted octanol–water partition coefficient (Wildman–Crippen LogP) is 3.69. The zero-order valence-corrected chi connectivity index (χ0v) is 12.8. The van der Waals surface area contributed by atoms with E-state index in [0.29, 0.717) is 5.95 Å². The van der Waals surface area contributed by atoms with Crippen molar-refractivity contribution in [3.8, 4) is 11.4 Å². The molecule has 1 aromatic heterocycles. The molecule has 0 radical (unpaired) electrons. The summed E-state index contributed by atoms with van der Waals surface area (Å²) in [6.45, 7) is 2.03. The highest BCUT2D eigenvalue weighted by Crippen LogP contribution is 2.32. The van der Waals surface area contributed by atoms with E-state index in [1.165, 1.54) is 0 Å². The SMILES string of the molecule is COc1ccc(Br)cc1-n1c(N)nc2c(C)cccc21. The van der Waals surface area contributed by atoms with Crippen molar-refractivity contribution in [2.45, 2.75) is 6.92 Å². The molecule has 2 N–H and O–H groups in total. The molecule has 0 unspecified atom stereocenters. The Balaban J connectivity index is 2.38. The highest BCUT2D eigenvalue weighted by molar-refractivity contribution is 9.10. The van der Waals surface area contributed by atoms with Gasteiger partial charge in [0.15, 0.2) is 0 Å². The van der Waals surface area contributed by atoms with E-state index in [9.17, 15) is 0 Å². The lowest BCUT2D eigenvalue weighted by Crippen LogP contribution is -2.02. The quantitative estimate of drug-likeness (QED) is 0.779. The van der Waals surface area contributed by atoms with Gasteiger partial charge in [-0.15, -0.1) is 0 Å². The number of halogens is 1. The van der Waals surface area contributed by atoms with Gasteiger partial charge >= 0.3 is 0 Å². The molecule has 102 valence electrons. The monoisotopic (exact) mass is 331 g/mol. The number of fused-ring (bicyclic) bond motifs is 1. The van der Waals surface area contributed by atoms with Crippen molar-refractivity contribution in [3.63, 3.8) is 0 Å². The topological polar surface area (TPSA) is 53.1 Å². The standard InChI is InChI=1S/C15H14BrN3O/c1-9-4-3-5-11-14(9)18-15(17)19(11)12-8-10(16)6-7-13(12)20-2/h3-8H,1-2H3,(H2,17,18). The number of methoxy groups -OCH3 is 1. The molecule has 2 aromatic carbocycles. The molecule has 0 saturated carbocycles. The number of hydrogen-bond donors (Lipinski definition) is 1. The highest BCUT2D eigenvalue weighted by Gasteiger charge is 2.15. The van der Waals surface area contributed by atoms with Gasteiger partial charge in [0, 0.05) is 4.47 Å². The maximum absolute atomic E-state index is 6.11. The number of anilines is 1. The maximum Gasteiger partial charge on any atom is 0.206 e. The number of ether oxygens (including phenoxy) is 1. The zero-order chi connectivity index (χ0) is 14.3. The van der Waals surface area contributed by atoms with Crippen LogP contribution in [0.25, 0.3) is 16.7 Å². The molecule has 3 aromatic rings. The molecule has 4 nitrogen and oxygen atoms in total. The Labute approximate surface area is 125 Å². The van der Waals surface area contributed by atoms with Gasteiger partial charge in [-0.05, 0) is 36.8 Å². The zero-order valence-electron chi connectivity index (χ0n) is 11.2. The van der Waals surface area contributed by atoms with Crippen molar-refractivity contribution in [3.05, 3.63) is 46.4 Å². The minimum absolute atomic E-state index is 0.450. The number of imidazole rings is 1. The van der Waals surface area contributed by atoms with Crippen molar-refractivity contribution in [1.29, 1.82) is 0 Å². The molecular weight excluding hydrogens is 318 g/mol. The molecule has 0 fully saturated rings. The molecule has 0 amide bonds. The smallest absolute Gasteiger partial charge is 0.206 e. The highest BCUT2D eigenvalue weighted by atomic mass is 79.9. The number of hydrogen-bond acceptors (Lipinski definition) is 3. The van der Waals surface area contributed by atoms with Crippen LogP contribution < -0.4 is 10.5 Å². The molecule has 0 aliphatic rings. The molecule has 0 bridgehead atoms.